The summed E-state index contributed by atoms with van der Waals surface area (Å²) in [7, 11) is 0. The summed E-state index contributed by atoms with van der Waals surface area (Å²) in [5.74, 6) is -0.116. The zero-order chi connectivity index (χ0) is 15.9. The van der Waals surface area contributed by atoms with Crippen molar-refractivity contribution in [3.05, 3.63) is 22.4 Å². The van der Waals surface area contributed by atoms with Gasteiger partial charge in [-0.15, -0.1) is 11.3 Å². The van der Waals surface area contributed by atoms with Gasteiger partial charge in [-0.1, -0.05) is 13.0 Å². The van der Waals surface area contributed by atoms with Crippen molar-refractivity contribution >= 4 is 23.2 Å². The van der Waals surface area contributed by atoms with Crippen molar-refractivity contribution in [2.45, 2.75) is 45.2 Å². The van der Waals surface area contributed by atoms with Gasteiger partial charge in [0.2, 0.25) is 11.8 Å². The topological polar surface area (TPSA) is 61.4 Å². The number of likely N-dealkylation sites (tertiary alicyclic amines) is 1. The number of hydrogen-bond donors (Lipinski definition) is 2. The van der Waals surface area contributed by atoms with Gasteiger partial charge < -0.3 is 10.6 Å². The molecule has 0 spiro atoms. The third kappa shape index (κ3) is 4.81. The van der Waals surface area contributed by atoms with Crippen LogP contribution in [0, 0.1) is 0 Å². The Balaban J connectivity index is 1.84. The first kappa shape index (κ1) is 17.0. The van der Waals surface area contributed by atoms with Gasteiger partial charge in [-0.05, 0) is 37.4 Å². The summed E-state index contributed by atoms with van der Waals surface area (Å²) in [6, 6.07) is 4.11. The Bertz CT molecular complexity index is 490. The highest BCUT2D eigenvalue weighted by atomic mass is 32.1. The maximum atomic E-state index is 12.2. The lowest BCUT2D eigenvalue weighted by Crippen LogP contribution is -2.41. The summed E-state index contributed by atoms with van der Waals surface area (Å²) in [6.07, 6.45) is 2.64. The third-order valence-electron chi connectivity index (χ3n) is 4.09. The van der Waals surface area contributed by atoms with E-state index in [-0.39, 0.29) is 17.9 Å². The highest BCUT2D eigenvalue weighted by Crippen LogP contribution is 2.22. The van der Waals surface area contributed by atoms with Crippen LogP contribution in [0.25, 0.3) is 0 Å². The van der Waals surface area contributed by atoms with Gasteiger partial charge >= 0.3 is 0 Å². The molecule has 0 saturated carbocycles. The Labute approximate surface area is 136 Å². The second-order valence-corrected chi connectivity index (χ2v) is 6.68. The normalized spacial score (nSPS) is 19.8. The largest absolute Gasteiger partial charge is 0.354 e. The number of rotatable bonds is 7. The van der Waals surface area contributed by atoms with E-state index in [0.717, 1.165) is 24.4 Å². The summed E-state index contributed by atoms with van der Waals surface area (Å²) in [6.45, 7) is 6.49. The zero-order valence-corrected chi connectivity index (χ0v) is 14.1. The molecule has 0 aliphatic carbocycles. The quantitative estimate of drug-likeness (QED) is 0.806. The first-order valence-corrected chi connectivity index (χ1v) is 8.79. The highest BCUT2D eigenvalue weighted by molar-refractivity contribution is 7.10. The first-order valence-electron chi connectivity index (χ1n) is 7.91. The van der Waals surface area contributed by atoms with E-state index in [4.69, 9.17) is 0 Å². The van der Waals surface area contributed by atoms with Gasteiger partial charge in [0.25, 0.3) is 0 Å². The van der Waals surface area contributed by atoms with Crippen LogP contribution >= 0.6 is 11.3 Å². The van der Waals surface area contributed by atoms with E-state index in [2.05, 4.69) is 22.5 Å². The molecule has 6 heteroatoms. The van der Waals surface area contributed by atoms with Crippen LogP contribution in [0.15, 0.2) is 17.5 Å². The van der Waals surface area contributed by atoms with E-state index in [1.54, 1.807) is 11.3 Å². The maximum absolute atomic E-state index is 12.2. The maximum Gasteiger partial charge on any atom is 0.222 e. The fourth-order valence-electron chi connectivity index (χ4n) is 2.99. The first-order chi connectivity index (χ1) is 10.6. The van der Waals surface area contributed by atoms with E-state index >= 15 is 0 Å². The summed E-state index contributed by atoms with van der Waals surface area (Å²) < 4.78 is 0. The Kier molecular flexibility index (Phi) is 6.39. The molecule has 0 unspecified atom stereocenters. The predicted molar refractivity (Wildman–Crippen MR) is 88.8 cm³/mol. The molecule has 122 valence electrons. The molecule has 1 fully saturated rings. The zero-order valence-electron chi connectivity index (χ0n) is 13.3. The lowest BCUT2D eigenvalue weighted by molar-refractivity contribution is -0.122. The molecule has 2 N–H and O–H groups in total. The predicted octanol–water partition coefficient (Wildman–Crippen LogP) is 1.92. The molecule has 1 saturated heterocycles. The molecule has 2 atom stereocenters. The molecule has 1 aliphatic heterocycles. The standard InChI is InChI=1S/C16H25N3O2S/c1-3-19-8-4-6-13(19)11-17-16(21)10-14(18-12(2)20)15-7-5-9-22-15/h5,7,9,13-14H,3-4,6,8,10-11H2,1-2H3,(H,17,21)(H,18,20)/t13-,14+/m1/s1. The molecule has 22 heavy (non-hydrogen) atoms. The molecule has 1 aromatic heterocycles. The van der Waals surface area contributed by atoms with Crippen molar-refractivity contribution < 1.29 is 9.59 Å². The number of carbonyl (C=O) groups excluding carboxylic acids is 2. The molecule has 0 aromatic carbocycles. The highest BCUT2D eigenvalue weighted by Gasteiger charge is 2.24. The lowest BCUT2D eigenvalue weighted by Gasteiger charge is -2.23. The SMILES string of the molecule is CCN1CCC[C@@H]1CNC(=O)C[C@H](NC(C)=O)c1cccs1. The average Bonchev–Trinajstić information content (AvgIpc) is 3.15. The van der Waals surface area contributed by atoms with Gasteiger partial charge in [0.05, 0.1) is 12.5 Å². The second kappa shape index (κ2) is 8.29. The van der Waals surface area contributed by atoms with Gasteiger partial charge in [0, 0.05) is 24.4 Å². The van der Waals surface area contributed by atoms with Crippen LogP contribution in [-0.4, -0.2) is 42.4 Å². The summed E-state index contributed by atoms with van der Waals surface area (Å²) in [5, 5.41) is 7.85. The Morgan fingerprint density at radius 1 is 1.50 bits per heavy atom. The minimum absolute atomic E-state index is 0.00453. The van der Waals surface area contributed by atoms with Crippen molar-refractivity contribution in [3.63, 3.8) is 0 Å². The van der Waals surface area contributed by atoms with Gasteiger partial charge in [0.1, 0.15) is 0 Å². The molecule has 5 nitrogen and oxygen atoms in total. The minimum atomic E-state index is -0.233. The molecule has 0 bridgehead atoms. The lowest BCUT2D eigenvalue weighted by atomic mass is 10.1. The Hall–Kier alpha value is -1.40. The van der Waals surface area contributed by atoms with Crippen molar-refractivity contribution in [2.75, 3.05) is 19.6 Å². The minimum Gasteiger partial charge on any atom is -0.354 e. The summed E-state index contributed by atoms with van der Waals surface area (Å²) in [4.78, 5) is 27.0. The van der Waals surface area contributed by atoms with Crippen molar-refractivity contribution in [2.24, 2.45) is 0 Å². The molecule has 2 heterocycles. The van der Waals surface area contributed by atoms with Gasteiger partial charge in [-0.3, -0.25) is 14.5 Å². The Morgan fingerprint density at radius 3 is 2.95 bits per heavy atom. The molecule has 2 amide bonds. The smallest absolute Gasteiger partial charge is 0.222 e. The fourth-order valence-corrected chi connectivity index (χ4v) is 3.77. The number of amides is 2. The van der Waals surface area contributed by atoms with E-state index in [1.165, 1.54) is 13.3 Å². The number of thiophene rings is 1. The number of hydrogen-bond acceptors (Lipinski definition) is 4. The van der Waals surface area contributed by atoms with Gasteiger partial charge in [0.15, 0.2) is 0 Å². The third-order valence-corrected chi connectivity index (χ3v) is 5.08. The van der Waals surface area contributed by atoms with Crippen LogP contribution < -0.4 is 10.6 Å². The molecular weight excluding hydrogens is 298 g/mol. The van der Waals surface area contributed by atoms with E-state index < -0.39 is 0 Å². The van der Waals surface area contributed by atoms with Crippen molar-refractivity contribution in [1.82, 2.24) is 15.5 Å². The summed E-state index contributed by atoms with van der Waals surface area (Å²) in [5.41, 5.74) is 0. The van der Waals surface area contributed by atoms with Crippen LogP contribution in [0.5, 0.6) is 0 Å². The van der Waals surface area contributed by atoms with Crippen molar-refractivity contribution in [1.29, 1.82) is 0 Å². The van der Waals surface area contributed by atoms with E-state index in [0.29, 0.717) is 19.0 Å². The van der Waals surface area contributed by atoms with Crippen LogP contribution in [0.3, 0.4) is 0 Å². The monoisotopic (exact) mass is 323 g/mol. The van der Waals surface area contributed by atoms with Crippen LogP contribution in [0.1, 0.15) is 44.0 Å². The van der Waals surface area contributed by atoms with E-state index in [9.17, 15) is 9.59 Å². The molecule has 1 aromatic rings. The average molecular weight is 323 g/mol. The molecule has 1 aliphatic rings. The number of likely N-dealkylation sites (N-methyl/N-ethyl adjacent to an activating group) is 1. The number of carbonyl (C=O) groups is 2. The number of nitrogens with zero attached hydrogens (tertiary/aromatic N) is 1. The molecule has 2 rings (SSSR count). The molecule has 0 radical (unpaired) electrons. The van der Waals surface area contributed by atoms with Gasteiger partial charge in [-0.2, -0.15) is 0 Å². The second-order valence-electron chi connectivity index (χ2n) is 5.70. The summed E-state index contributed by atoms with van der Waals surface area (Å²) >= 11 is 1.56. The van der Waals surface area contributed by atoms with E-state index in [1.807, 2.05) is 17.5 Å². The van der Waals surface area contributed by atoms with Crippen LogP contribution in [-0.2, 0) is 9.59 Å². The van der Waals surface area contributed by atoms with Gasteiger partial charge in [-0.25, -0.2) is 0 Å². The Morgan fingerprint density at radius 2 is 2.32 bits per heavy atom. The van der Waals surface area contributed by atoms with Crippen molar-refractivity contribution in [3.8, 4) is 0 Å². The molecular formula is C16H25N3O2S. The van der Waals surface area contributed by atoms with Crippen LogP contribution in [0.2, 0.25) is 0 Å². The fraction of sp³-hybridized carbons (Fsp3) is 0.625. The van der Waals surface area contributed by atoms with Crippen LogP contribution in [0.4, 0.5) is 0 Å². The number of nitrogens with one attached hydrogen (secondary N) is 2.